The Kier molecular flexibility index (Phi) is 6.51. The van der Waals surface area contributed by atoms with Crippen molar-refractivity contribution in [2.75, 3.05) is 14.2 Å². The number of esters is 2. The second-order valence-electron chi connectivity index (χ2n) is 7.11. The minimum atomic E-state index is -0.788. The van der Waals surface area contributed by atoms with Gasteiger partial charge in [0.2, 0.25) is 0 Å². The van der Waals surface area contributed by atoms with Crippen molar-refractivity contribution in [2.24, 2.45) is 0 Å². The number of halogens is 1. The largest absolute Gasteiger partial charge is 0.465 e. The van der Waals surface area contributed by atoms with Crippen LogP contribution in [0.2, 0.25) is 0 Å². The summed E-state index contributed by atoms with van der Waals surface area (Å²) >= 11 is 0. The van der Waals surface area contributed by atoms with Crippen LogP contribution in [0.3, 0.4) is 0 Å². The molecule has 0 radical (unpaired) electrons. The van der Waals surface area contributed by atoms with Crippen molar-refractivity contribution in [1.82, 2.24) is 9.78 Å². The molecule has 3 aromatic carbocycles. The van der Waals surface area contributed by atoms with E-state index in [1.165, 1.54) is 37.1 Å². The number of hydrogen-bond donors (Lipinski definition) is 0. The molecular formula is C27H19FN2O4. The Morgan fingerprint density at radius 1 is 0.853 bits per heavy atom. The second kappa shape index (κ2) is 9.84. The third kappa shape index (κ3) is 4.43. The highest BCUT2D eigenvalue weighted by molar-refractivity contribution is 6.07. The molecule has 0 N–H and O–H groups in total. The lowest BCUT2D eigenvalue weighted by Gasteiger charge is -2.07. The fraction of sp³-hybridized carbons (Fsp3) is 0.0741. The van der Waals surface area contributed by atoms with E-state index in [0.29, 0.717) is 16.8 Å². The highest BCUT2D eigenvalue weighted by Gasteiger charge is 2.32. The molecule has 0 saturated carbocycles. The number of ether oxygens (including phenoxy) is 2. The maximum Gasteiger partial charge on any atom is 0.357 e. The Hall–Kier alpha value is -4.70. The molecule has 6 nitrogen and oxygen atoms in total. The van der Waals surface area contributed by atoms with Gasteiger partial charge < -0.3 is 9.47 Å². The minimum absolute atomic E-state index is 0.104. The number of nitrogens with zero attached hydrogens (tertiary/aromatic N) is 2. The molecule has 0 bridgehead atoms. The summed E-state index contributed by atoms with van der Waals surface area (Å²) in [5, 5.41) is 4.56. The number of rotatable bonds is 4. The van der Waals surface area contributed by atoms with Crippen LogP contribution in [0.1, 0.15) is 32.0 Å². The summed E-state index contributed by atoms with van der Waals surface area (Å²) in [5.41, 5.74) is 1.82. The SMILES string of the molecule is COC(=O)c1c(-c2ccc(F)cc2C#Cc2ccccc2)nn(-c2ccccc2)c1C(=O)OC. The Bertz CT molecular complexity index is 1420. The Morgan fingerprint density at radius 3 is 2.15 bits per heavy atom. The van der Waals surface area contributed by atoms with E-state index in [4.69, 9.17) is 9.47 Å². The molecule has 0 fully saturated rings. The van der Waals surface area contributed by atoms with Crippen molar-refractivity contribution < 1.29 is 23.5 Å². The van der Waals surface area contributed by atoms with Crippen molar-refractivity contribution in [3.8, 4) is 28.8 Å². The Morgan fingerprint density at radius 2 is 1.50 bits per heavy atom. The quantitative estimate of drug-likeness (QED) is 0.332. The van der Waals surface area contributed by atoms with Crippen LogP contribution in [-0.4, -0.2) is 35.9 Å². The van der Waals surface area contributed by atoms with E-state index >= 15 is 0 Å². The first-order valence-corrected chi connectivity index (χ1v) is 10.3. The van der Waals surface area contributed by atoms with Gasteiger partial charge in [-0.15, -0.1) is 0 Å². The van der Waals surface area contributed by atoms with Gasteiger partial charge in [-0.3, -0.25) is 0 Å². The highest BCUT2D eigenvalue weighted by Crippen LogP contribution is 2.31. The summed E-state index contributed by atoms with van der Waals surface area (Å²) in [5.74, 6) is 3.88. The normalized spacial score (nSPS) is 10.2. The van der Waals surface area contributed by atoms with Crippen molar-refractivity contribution >= 4 is 11.9 Å². The number of hydrogen-bond acceptors (Lipinski definition) is 5. The zero-order valence-corrected chi connectivity index (χ0v) is 18.4. The van der Waals surface area contributed by atoms with Crippen LogP contribution in [0, 0.1) is 17.7 Å². The Labute approximate surface area is 195 Å². The molecule has 0 aliphatic carbocycles. The van der Waals surface area contributed by atoms with E-state index < -0.39 is 17.8 Å². The molecule has 0 spiro atoms. The lowest BCUT2D eigenvalue weighted by molar-refractivity contribution is 0.0549. The van der Waals surface area contributed by atoms with Crippen LogP contribution in [0.5, 0.6) is 0 Å². The zero-order chi connectivity index (χ0) is 24.1. The van der Waals surface area contributed by atoms with Gasteiger partial charge in [0.1, 0.15) is 17.1 Å². The summed E-state index contributed by atoms with van der Waals surface area (Å²) in [7, 11) is 2.41. The third-order valence-electron chi connectivity index (χ3n) is 5.01. The smallest absolute Gasteiger partial charge is 0.357 e. The first kappa shape index (κ1) is 22.5. The second-order valence-corrected chi connectivity index (χ2v) is 7.11. The van der Waals surface area contributed by atoms with Crippen LogP contribution in [0.25, 0.3) is 16.9 Å². The maximum absolute atomic E-state index is 14.2. The molecular weight excluding hydrogens is 435 g/mol. The van der Waals surface area contributed by atoms with Crippen molar-refractivity contribution in [3.63, 3.8) is 0 Å². The molecule has 34 heavy (non-hydrogen) atoms. The van der Waals surface area contributed by atoms with E-state index in [9.17, 15) is 14.0 Å². The molecule has 1 aromatic heterocycles. The van der Waals surface area contributed by atoms with Gasteiger partial charge in [0.25, 0.3) is 0 Å². The van der Waals surface area contributed by atoms with Crippen molar-refractivity contribution in [1.29, 1.82) is 0 Å². The predicted octanol–water partition coefficient (Wildman–Crippen LogP) is 4.65. The van der Waals surface area contributed by atoms with E-state index in [2.05, 4.69) is 16.9 Å². The number of carbonyl (C=O) groups excluding carboxylic acids is 2. The lowest BCUT2D eigenvalue weighted by Crippen LogP contribution is -2.15. The Balaban J connectivity index is 2.00. The zero-order valence-electron chi connectivity index (χ0n) is 18.4. The standard InChI is InChI=1S/C27H19FN2O4/c1-33-26(31)23-24(29-30(25(23)27(32)34-2)21-11-7-4-8-12-21)22-16-15-20(28)17-19(22)14-13-18-9-5-3-6-10-18/h3-12,15-17H,1-2H3. The first-order valence-electron chi connectivity index (χ1n) is 10.3. The molecule has 1 heterocycles. The van der Waals surface area contributed by atoms with Gasteiger partial charge in [0.15, 0.2) is 5.69 Å². The number of benzene rings is 3. The lowest BCUT2D eigenvalue weighted by atomic mass is 10.00. The molecule has 7 heteroatoms. The van der Waals surface area contributed by atoms with Gasteiger partial charge in [0.05, 0.1) is 19.9 Å². The van der Waals surface area contributed by atoms with Crippen molar-refractivity contribution in [2.45, 2.75) is 0 Å². The third-order valence-corrected chi connectivity index (χ3v) is 5.01. The monoisotopic (exact) mass is 454 g/mol. The van der Waals surface area contributed by atoms with E-state index in [1.54, 1.807) is 24.3 Å². The predicted molar refractivity (Wildman–Crippen MR) is 124 cm³/mol. The van der Waals surface area contributed by atoms with Crippen LogP contribution < -0.4 is 0 Å². The topological polar surface area (TPSA) is 70.4 Å². The van der Waals surface area contributed by atoms with Gasteiger partial charge >= 0.3 is 11.9 Å². The van der Waals surface area contributed by atoms with Crippen LogP contribution in [0.4, 0.5) is 4.39 Å². The number of para-hydroxylation sites is 1. The molecule has 0 aliphatic rings. The van der Waals surface area contributed by atoms with Crippen molar-refractivity contribution in [3.05, 3.63) is 107 Å². The molecule has 0 aliphatic heterocycles. The first-order chi connectivity index (χ1) is 16.5. The highest BCUT2D eigenvalue weighted by atomic mass is 19.1. The van der Waals surface area contributed by atoms with Gasteiger partial charge in [0, 0.05) is 16.7 Å². The molecule has 4 aromatic rings. The van der Waals surface area contributed by atoms with E-state index in [0.717, 1.165) is 5.56 Å². The minimum Gasteiger partial charge on any atom is -0.465 e. The van der Waals surface area contributed by atoms with Crippen LogP contribution in [-0.2, 0) is 9.47 Å². The maximum atomic E-state index is 14.2. The van der Waals surface area contributed by atoms with Gasteiger partial charge in [-0.2, -0.15) is 5.10 Å². The molecule has 0 amide bonds. The summed E-state index contributed by atoms with van der Waals surface area (Å²) in [4.78, 5) is 25.6. The summed E-state index contributed by atoms with van der Waals surface area (Å²) in [6, 6.07) is 22.0. The van der Waals surface area contributed by atoms with Gasteiger partial charge in [-0.1, -0.05) is 48.2 Å². The van der Waals surface area contributed by atoms with Gasteiger partial charge in [-0.25, -0.2) is 18.7 Å². The van der Waals surface area contributed by atoms with Crippen LogP contribution >= 0.6 is 0 Å². The average Bonchev–Trinajstić information content (AvgIpc) is 3.28. The van der Waals surface area contributed by atoms with Crippen LogP contribution in [0.15, 0.2) is 78.9 Å². The molecule has 4 rings (SSSR count). The number of carbonyl (C=O) groups is 2. The molecule has 0 unspecified atom stereocenters. The number of methoxy groups -OCH3 is 2. The van der Waals surface area contributed by atoms with Gasteiger partial charge in [-0.05, 0) is 42.5 Å². The molecule has 0 saturated heterocycles. The van der Waals surface area contributed by atoms with E-state index in [1.807, 2.05) is 36.4 Å². The summed E-state index contributed by atoms with van der Waals surface area (Å²) < 4.78 is 25.4. The summed E-state index contributed by atoms with van der Waals surface area (Å²) in [6.45, 7) is 0. The summed E-state index contributed by atoms with van der Waals surface area (Å²) in [6.07, 6.45) is 0. The average molecular weight is 454 g/mol. The fourth-order valence-electron chi connectivity index (χ4n) is 3.43. The fourth-order valence-corrected chi connectivity index (χ4v) is 3.43. The number of aromatic nitrogens is 2. The molecule has 0 atom stereocenters. The van der Waals surface area contributed by atoms with E-state index in [-0.39, 0.29) is 17.0 Å². The molecule has 168 valence electrons.